The second-order valence-electron chi connectivity index (χ2n) is 5.41. The number of hydrogen-bond donors (Lipinski definition) is 0. The van der Waals surface area contributed by atoms with E-state index in [1.165, 1.54) is 30.5 Å². The molecule has 0 saturated carbocycles. The number of benzene rings is 1. The Labute approximate surface area is 121 Å². The van der Waals surface area contributed by atoms with E-state index in [0.717, 1.165) is 24.6 Å². The molecule has 0 unspecified atom stereocenters. The number of halogens is 1. The molecule has 1 saturated heterocycles. The van der Waals surface area contributed by atoms with E-state index in [9.17, 15) is 0 Å². The third kappa shape index (κ3) is 2.52. The Morgan fingerprint density at radius 3 is 3.00 bits per heavy atom. The van der Waals surface area contributed by atoms with Gasteiger partial charge < -0.3 is 4.74 Å². The Balaban J connectivity index is 0.00000133. The summed E-state index contributed by atoms with van der Waals surface area (Å²) in [4.78, 5) is 2.58. The van der Waals surface area contributed by atoms with Crippen LogP contribution in [0.25, 0.3) is 0 Å². The number of fused-ring (bicyclic) bond motifs is 2. The van der Waals surface area contributed by atoms with Crippen molar-refractivity contribution in [1.82, 2.24) is 4.90 Å². The molecule has 1 fully saturated rings. The van der Waals surface area contributed by atoms with Gasteiger partial charge in [0.25, 0.3) is 0 Å². The molecule has 0 bridgehead atoms. The Hall–Kier alpha value is -0.990. The van der Waals surface area contributed by atoms with Crippen molar-refractivity contribution in [2.75, 3.05) is 20.2 Å². The quantitative estimate of drug-likeness (QED) is 0.789. The fraction of sp³-hybridized carbons (Fsp3) is 0.500. The van der Waals surface area contributed by atoms with E-state index in [0.29, 0.717) is 6.04 Å². The summed E-state index contributed by atoms with van der Waals surface area (Å²) < 4.78 is 5.52. The summed E-state index contributed by atoms with van der Waals surface area (Å²) in [6.45, 7) is 6.11. The fourth-order valence-corrected chi connectivity index (χ4v) is 3.63. The standard InChI is InChI=1S/C16H21NO.ClH/c1-3-8-17-9-7-13-10-12-5-4-6-16(18-2)14(12)11-15(13)17;/h3-6,13,15H,1,7-11H2,2H3;1H/t13-,15-;/m0./s1. The predicted octanol–water partition coefficient (Wildman–Crippen LogP) is 3.09. The molecule has 1 aliphatic heterocycles. The predicted molar refractivity (Wildman–Crippen MR) is 81.3 cm³/mol. The van der Waals surface area contributed by atoms with Gasteiger partial charge in [-0.3, -0.25) is 4.90 Å². The lowest BCUT2D eigenvalue weighted by molar-refractivity contribution is 0.233. The molecule has 3 heteroatoms. The Bertz CT molecular complexity index is 460. The third-order valence-electron chi connectivity index (χ3n) is 4.51. The Morgan fingerprint density at radius 1 is 1.42 bits per heavy atom. The maximum atomic E-state index is 5.52. The van der Waals surface area contributed by atoms with Crippen molar-refractivity contribution in [2.45, 2.75) is 25.3 Å². The average Bonchev–Trinajstić information content (AvgIpc) is 2.78. The van der Waals surface area contributed by atoms with Crippen molar-refractivity contribution >= 4 is 12.4 Å². The lowest BCUT2D eigenvalue weighted by Gasteiger charge is -2.33. The molecule has 2 atom stereocenters. The first-order valence-electron chi connectivity index (χ1n) is 6.83. The zero-order valence-corrected chi connectivity index (χ0v) is 12.3. The van der Waals surface area contributed by atoms with Crippen LogP contribution in [0.15, 0.2) is 30.9 Å². The smallest absolute Gasteiger partial charge is 0.122 e. The molecular formula is C16H22ClNO. The molecule has 0 aromatic heterocycles. The highest BCUT2D eigenvalue weighted by Gasteiger charge is 2.37. The van der Waals surface area contributed by atoms with Gasteiger partial charge in [0.2, 0.25) is 0 Å². The van der Waals surface area contributed by atoms with Gasteiger partial charge in [-0.2, -0.15) is 0 Å². The number of methoxy groups -OCH3 is 1. The fourth-order valence-electron chi connectivity index (χ4n) is 3.63. The van der Waals surface area contributed by atoms with E-state index in [2.05, 4.69) is 29.7 Å². The minimum absolute atomic E-state index is 0. The molecule has 0 N–H and O–H groups in total. The summed E-state index contributed by atoms with van der Waals surface area (Å²) in [5.74, 6) is 1.89. The summed E-state index contributed by atoms with van der Waals surface area (Å²) in [5, 5.41) is 0. The van der Waals surface area contributed by atoms with Crippen LogP contribution >= 0.6 is 12.4 Å². The van der Waals surface area contributed by atoms with E-state index in [1.807, 2.05) is 6.08 Å². The molecule has 2 aliphatic rings. The maximum Gasteiger partial charge on any atom is 0.122 e. The van der Waals surface area contributed by atoms with Crippen molar-refractivity contribution in [3.8, 4) is 5.75 Å². The van der Waals surface area contributed by atoms with Crippen LogP contribution in [0.5, 0.6) is 5.75 Å². The zero-order chi connectivity index (χ0) is 12.5. The van der Waals surface area contributed by atoms with E-state index in [4.69, 9.17) is 4.74 Å². The SMILES string of the molecule is C=CCN1CC[C@H]2Cc3cccc(OC)c3C[C@@H]21.Cl. The van der Waals surface area contributed by atoms with Gasteiger partial charge in [0, 0.05) is 12.6 Å². The average molecular weight is 280 g/mol. The van der Waals surface area contributed by atoms with Gasteiger partial charge in [-0.1, -0.05) is 18.2 Å². The Morgan fingerprint density at radius 2 is 2.26 bits per heavy atom. The maximum absolute atomic E-state index is 5.52. The molecule has 19 heavy (non-hydrogen) atoms. The van der Waals surface area contributed by atoms with Crippen LogP contribution in [-0.4, -0.2) is 31.1 Å². The Kier molecular flexibility index (Phi) is 4.54. The molecule has 1 aliphatic carbocycles. The minimum Gasteiger partial charge on any atom is -0.496 e. The molecular weight excluding hydrogens is 258 g/mol. The van der Waals surface area contributed by atoms with Gasteiger partial charge >= 0.3 is 0 Å². The van der Waals surface area contributed by atoms with Crippen LogP contribution in [0.2, 0.25) is 0 Å². The monoisotopic (exact) mass is 279 g/mol. The van der Waals surface area contributed by atoms with Crippen molar-refractivity contribution in [3.05, 3.63) is 42.0 Å². The summed E-state index contributed by atoms with van der Waals surface area (Å²) in [6.07, 6.45) is 5.71. The highest BCUT2D eigenvalue weighted by molar-refractivity contribution is 5.85. The molecule has 1 aromatic carbocycles. The van der Waals surface area contributed by atoms with Crippen LogP contribution in [0.4, 0.5) is 0 Å². The molecule has 0 amide bonds. The first-order valence-corrected chi connectivity index (χ1v) is 6.83. The zero-order valence-electron chi connectivity index (χ0n) is 11.5. The van der Waals surface area contributed by atoms with Crippen molar-refractivity contribution in [1.29, 1.82) is 0 Å². The minimum atomic E-state index is 0. The lowest BCUT2D eigenvalue weighted by Crippen LogP contribution is -2.38. The highest BCUT2D eigenvalue weighted by Crippen LogP contribution is 2.38. The number of rotatable bonds is 3. The molecule has 3 rings (SSSR count). The largest absolute Gasteiger partial charge is 0.496 e. The third-order valence-corrected chi connectivity index (χ3v) is 4.51. The summed E-state index contributed by atoms with van der Waals surface area (Å²) in [7, 11) is 1.78. The highest BCUT2D eigenvalue weighted by atomic mass is 35.5. The topological polar surface area (TPSA) is 12.5 Å². The second kappa shape index (κ2) is 5.98. The van der Waals surface area contributed by atoms with Crippen molar-refractivity contribution < 1.29 is 4.74 Å². The van der Waals surface area contributed by atoms with E-state index in [-0.39, 0.29) is 12.4 Å². The van der Waals surface area contributed by atoms with Gasteiger partial charge in [-0.05, 0) is 48.9 Å². The molecule has 1 heterocycles. The van der Waals surface area contributed by atoms with Gasteiger partial charge in [0.1, 0.15) is 5.75 Å². The molecule has 0 radical (unpaired) electrons. The molecule has 0 spiro atoms. The van der Waals surface area contributed by atoms with E-state index >= 15 is 0 Å². The summed E-state index contributed by atoms with van der Waals surface area (Å²) >= 11 is 0. The molecule has 2 nitrogen and oxygen atoms in total. The van der Waals surface area contributed by atoms with Gasteiger partial charge in [0.15, 0.2) is 0 Å². The van der Waals surface area contributed by atoms with Crippen LogP contribution in [-0.2, 0) is 12.8 Å². The molecule has 104 valence electrons. The number of hydrogen-bond acceptors (Lipinski definition) is 2. The van der Waals surface area contributed by atoms with Crippen LogP contribution < -0.4 is 4.74 Å². The van der Waals surface area contributed by atoms with Crippen molar-refractivity contribution in [3.63, 3.8) is 0 Å². The van der Waals surface area contributed by atoms with Crippen molar-refractivity contribution in [2.24, 2.45) is 5.92 Å². The number of likely N-dealkylation sites (tertiary alicyclic amines) is 1. The van der Waals surface area contributed by atoms with E-state index < -0.39 is 0 Å². The molecule has 1 aromatic rings. The van der Waals surface area contributed by atoms with Gasteiger partial charge in [-0.15, -0.1) is 19.0 Å². The summed E-state index contributed by atoms with van der Waals surface area (Å²) in [6, 6.07) is 7.16. The number of ether oxygens (including phenoxy) is 1. The summed E-state index contributed by atoms with van der Waals surface area (Å²) in [5.41, 5.74) is 2.92. The first-order chi connectivity index (χ1) is 8.83. The van der Waals surface area contributed by atoms with Gasteiger partial charge in [0.05, 0.1) is 7.11 Å². The van der Waals surface area contributed by atoms with E-state index in [1.54, 1.807) is 7.11 Å². The normalized spacial score (nSPS) is 25.1. The number of nitrogens with zero attached hydrogens (tertiary/aromatic N) is 1. The van der Waals surface area contributed by atoms with Crippen LogP contribution in [0.1, 0.15) is 17.5 Å². The lowest BCUT2D eigenvalue weighted by atomic mass is 9.80. The van der Waals surface area contributed by atoms with Crippen LogP contribution in [0, 0.1) is 5.92 Å². The second-order valence-corrected chi connectivity index (χ2v) is 5.41. The van der Waals surface area contributed by atoms with Gasteiger partial charge in [-0.25, -0.2) is 0 Å². The van der Waals surface area contributed by atoms with Crippen LogP contribution in [0.3, 0.4) is 0 Å². The first kappa shape index (κ1) is 14.4.